The fraction of sp³-hybridized carbons (Fsp3) is 0.429. The molecule has 12 heteroatoms. The van der Waals surface area contributed by atoms with Crippen LogP contribution in [0.15, 0.2) is 67.0 Å². The van der Waals surface area contributed by atoms with Gasteiger partial charge in [0.15, 0.2) is 0 Å². The number of anilines is 2. The van der Waals surface area contributed by atoms with Crippen molar-refractivity contribution in [2.24, 2.45) is 5.92 Å². The summed E-state index contributed by atoms with van der Waals surface area (Å²) in [7, 11) is 1.65. The fourth-order valence-electron chi connectivity index (χ4n) is 5.27. The molecule has 0 bridgehead atoms. The van der Waals surface area contributed by atoms with Gasteiger partial charge in [0, 0.05) is 62.0 Å². The average Bonchev–Trinajstić information content (AvgIpc) is 3.07. The lowest BCUT2D eigenvalue weighted by Crippen LogP contribution is -2.48. The van der Waals surface area contributed by atoms with Crippen LogP contribution in [-0.2, 0) is 4.74 Å². The first-order chi connectivity index (χ1) is 22.5. The molecule has 0 aliphatic carbocycles. The highest BCUT2D eigenvalue weighted by molar-refractivity contribution is 6.05. The van der Waals surface area contributed by atoms with Crippen molar-refractivity contribution in [3.05, 3.63) is 83.9 Å². The third-order valence-electron chi connectivity index (χ3n) is 8.15. The summed E-state index contributed by atoms with van der Waals surface area (Å²) in [5, 5.41) is 15.8. The fourth-order valence-corrected chi connectivity index (χ4v) is 5.27. The number of nitrogens with one attached hydrogen (secondary N) is 2. The van der Waals surface area contributed by atoms with Crippen LogP contribution >= 0.6 is 0 Å². The molecule has 0 unspecified atom stereocenters. The number of benzene rings is 2. The topological polar surface area (TPSA) is 133 Å². The Balaban J connectivity index is 1.59. The van der Waals surface area contributed by atoms with E-state index in [2.05, 4.69) is 15.6 Å². The van der Waals surface area contributed by atoms with E-state index >= 15 is 0 Å². The van der Waals surface area contributed by atoms with Gasteiger partial charge in [0.05, 0.1) is 30.4 Å². The summed E-state index contributed by atoms with van der Waals surface area (Å²) < 4.78 is 25.9. The molecule has 252 valence electrons. The monoisotopic (exact) mass is 649 g/mol. The SMILES string of the molecule is C[C@H](CO)N1C[C@H](C)[C@H](CN(C)C(=O)Nc2ccc(F)cc2)OCCCC[C@H](C)Oc2ccc(NC(=O)c3ccncc3)cc2C1=O. The number of carbonyl (C=O) groups excluding carboxylic acids is 3. The molecule has 47 heavy (non-hydrogen) atoms. The molecule has 1 aliphatic heterocycles. The number of likely N-dealkylation sites (N-methyl/N-ethyl adjacent to an activating group) is 1. The van der Waals surface area contributed by atoms with Crippen LogP contribution in [-0.4, -0.2) is 89.3 Å². The molecule has 11 nitrogen and oxygen atoms in total. The van der Waals surface area contributed by atoms with Crippen LogP contribution < -0.4 is 15.4 Å². The summed E-state index contributed by atoms with van der Waals surface area (Å²) in [4.78, 5) is 47.2. The van der Waals surface area contributed by atoms with Crippen LogP contribution in [0, 0.1) is 11.7 Å². The Morgan fingerprint density at radius 2 is 1.77 bits per heavy atom. The smallest absolute Gasteiger partial charge is 0.321 e. The quantitative estimate of drug-likeness (QED) is 0.311. The van der Waals surface area contributed by atoms with E-state index in [-0.39, 0.29) is 55.1 Å². The highest BCUT2D eigenvalue weighted by Crippen LogP contribution is 2.29. The maximum atomic E-state index is 14.3. The molecule has 0 saturated heterocycles. The van der Waals surface area contributed by atoms with E-state index in [1.165, 1.54) is 41.6 Å². The summed E-state index contributed by atoms with van der Waals surface area (Å²) >= 11 is 0. The van der Waals surface area contributed by atoms with E-state index in [1.807, 2.05) is 13.8 Å². The van der Waals surface area contributed by atoms with Crippen molar-refractivity contribution in [2.45, 2.75) is 58.3 Å². The number of hydrogen-bond acceptors (Lipinski definition) is 7. The third-order valence-corrected chi connectivity index (χ3v) is 8.15. The second-order valence-corrected chi connectivity index (χ2v) is 12.0. The van der Waals surface area contributed by atoms with E-state index in [9.17, 15) is 23.9 Å². The Kier molecular flexibility index (Phi) is 12.7. The maximum absolute atomic E-state index is 14.3. The van der Waals surface area contributed by atoms with E-state index in [1.54, 1.807) is 49.2 Å². The largest absolute Gasteiger partial charge is 0.490 e. The van der Waals surface area contributed by atoms with Crippen molar-refractivity contribution in [2.75, 3.05) is 44.0 Å². The van der Waals surface area contributed by atoms with Crippen LogP contribution in [0.3, 0.4) is 0 Å². The number of nitrogens with zero attached hydrogens (tertiary/aromatic N) is 3. The lowest BCUT2D eigenvalue weighted by molar-refractivity contribution is -0.0115. The zero-order chi connectivity index (χ0) is 33.9. The van der Waals surface area contributed by atoms with Crippen LogP contribution in [0.4, 0.5) is 20.6 Å². The van der Waals surface area contributed by atoms with Gasteiger partial charge in [-0.05, 0) is 87.7 Å². The molecule has 4 amide bonds. The normalized spacial score (nSPS) is 19.8. The molecular weight excluding hydrogens is 605 g/mol. The number of halogens is 1. The van der Waals surface area contributed by atoms with E-state index in [4.69, 9.17) is 9.47 Å². The molecule has 0 saturated carbocycles. The molecule has 2 aromatic carbocycles. The van der Waals surface area contributed by atoms with Gasteiger partial charge in [0.25, 0.3) is 11.8 Å². The number of carbonyl (C=O) groups is 3. The van der Waals surface area contributed by atoms with E-state index < -0.39 is 18.0 Å². The van der Waals surface area contributed by atoms with Crippen molar-refractivity contribution in [3.63, 3.8) is 0 Å². The third kappa shape index (κ3) is 9.97. The molecule has 0 radical (unpaired) electrons. The number of aliphatic hydroxyl groups is 1. The number of rotatable bonds is 7. The first-order valence-corrected chi connectivity index (χ1v) is 15.9. The number of ether oxygens (including phenoxy) is 2. The first kappa shape index (κ1) is 35.3. The number of pyridine rings is 1. The van der Waals surface area contributed by atoms with Gasteiger partial charge >= 0.3 is 6.03 Å². The van der Waals surface area contributed by atoms with Gasteiger partial charge < -0.3 is 35.0 Å². The molecule has 2 heterocycles. The molecule has 1 aromatic heterocycles. The highest BCUT2D eigenvalue weighted by atomic mass is 19.1. The second-order valence-electron chi connectivity index (χ2n) is 12.0. The molecule has 3 aromatic rings. The van der Waals surface area contributed by atoms with Crippen LogP contribution in [0.1, 0.15) is 60.7 Å². The Morgan fingerprint density at radius 1 is 1.06 bits per heavy atom. The summed E-state index contributed by atoms with van der Waals surface area (Å²) in [5.41, 5.74) is 1.55. The predicted octanol–water partition coefficient (Wildman–Crippen LogP) is 5.43. The molecule has 4 rings (SSSR count). The number of aromatic nitrogens is 1. The van der Waals surface area contributed by atoms with E-state index in [0.29, 0.717) is 35.7 Å². The lowest BCUT2D eigenvalue weighted by atomic mass is 10.0. The maximum Gasteiger partial charge on any atom is 0.321 e. The Bertz CT molecular complexity index is 1490. The minimum atomic E-state index is -0.557. The number of urea groups is 1. The average molecular weight is 650 g/mol. The van der Waals surface area contributed by atoms with Gasteiger partial charge in [0.2, 0.25) is 0 Å². The second kappa shape index (κ2) is 16.8. The van der Waals surface area contributed by atoms with E-state index in [0.717, 1.165) is 12.8 Å². The zero-order valence-corrected chi connectivity index (χ0v) is 27.3. The number of amides is 4. The van der Waals surface area contributed by atoms with Crippen molar-refractivity contribution in [1.82, 2.24) is 14.8 Å². The number of hydrogen-bond donors (Lipinski definition) is 3. The van der Waals surface area contributed by atoms with Gasteiger partial charge in [-0.25, -0.2) is 9.18 Å². The minimum absolute atomic E-state index is 0.207. The van der Waals surface area contributed by atoms with Crippen LogP contribution in [0.2, 0.25) is 0 Å². The predicted molar refractivity (Wildman–Crippen MR) is 177 cm³/mol. The van der Waals surface area contributed by atoms with Gasteiger partial charge in [-0.15, -0.1) is 0 Å². The highest BCUT2D eigenvalue weighted by Gasteiger charge is 2.31. The standard InChI is InChI=1S/C35H44FN5O6/c1-23-20-41(24(2)22-42)34(44)30-19-29(38-33(43)26-14-16-37-17-15-26)12-13-31(30)47-25(3)7-5-6-18-46-32(23)21-40(4)35(45)39-28-10-8-27(36)9-11-28/h8-17,19,23-25,32,42H,5-7,18,20-22H2,1-4H3,(H,38,43)(H,39,45)/t23-,24+,25-,32-/m0/s1. The van der Waals surface area contributed by atoms with Crippen molar-refractivity contribution >= 4 is 29.2 Å². The Hall–Kier alpha value is -4.55. The summed E-state index contributed by atoms with van der Waals surface area (Å²) in [5.74, 6) is -0.997. The van der Waals surface area contributed by atoms with Crippen molar-refractivity contribution in [1.29, 1.82) is 0 Å². The van der Waals surface area contributed by atoms with Crippen molar-refractivity contribution < 1.29 is 33.4 Å². The van der Waals surface area contributed by atoms with Gasteiger partial charge in [-0.1, -0.05) is 6.92 Å². The summed E-state index contributed by atoms with van der Waals surface area (Å²) in [6.45, 7) is 6.24. The van der Waals surface area contributed by atoms with Gasteiger partial charge in [-0.3, -0.25) is 14.6 Å². The number of aliphatic hydroxyl groups excluding tert-OH is 1. The molecule has 0 spiro atoms. The van der Waals surface area contributed by atoms with Gasteiger partial charge in [0.1, 0.15) is 11.6 Å². The lowest BCUT2D eigenvalue weighted by Gasteiger charge is -2.35. The molecule has 1 aliphatic rings. The first-order valence-electron chi connectivity index (χ1n) is 15.9. The minimum Gasteiger partial charge on any atom is -0.490 e. The Morgan fingerprint density at radius 3 is 2.47 bits per heavy atom. The molecule has 3 N–H and O–H groups in total. The summed E-state index contributed by atoms with van der Waals surface area (Å²) in [6.07, 6.45) is 4.71. The van der Waals surface area contributed by atoms with Gasteiger partial charge in [-0.2, -0.15) is 0 Å². The molecule has 4 atom stereocenters. The van der Waals surface area contributed by atoms with Crippen molar-refractivity contribution in [3.8, 4) is 5.75 Å². The molecule has 0 fully saturated rings. The zero-order valence-electron chi connectivity index (χ0n) is 27.3. The van der Waals surface area contributed by atoms with Crippen LogP contribution in [0.25, 0.3) is 0 Å². The van der Waals surface area contributed by atoms with Crippen LogP contribution in [0.5, 0.6) is 5.75 Å². The summed E-state index contributed by atoms with van der Waals surface area (Å²) in [6, 6.07) is 12.7. The number of fused-ring (bicyclic) bond motifs is 1. The molecular formula is C35H44FN5O6. The Labute approximate surface area is 275 Å².